The molecule has 0 atom stereocenters. The predicted molar refractivity (Wildman–Crippen MR) is 96.1 cm³/mol. The molecule has 0 saturated carbocycles. The maximum Gasteiger partial charge on any atom is 0.193 e. The van der Waals surface area contributed by atoms with Crippen LogP contribution in [0.1, 0.15) is 15.6 Å². The monoisotopic (exact) mass is 332 g/mol. The number of aromatic nitrogens is 1. The number of rotatable bonds is 8. The van der Waals surface area contributed by atoms with Crippen molar-refractivity contribution in [3.63, 3.8) is 0 Å². The largest absolute Gasteiger partial charge is 0.469 e. The molecule has 0 fully saturated rings. The van der Waals surface area contributed by atoms with E-state index >= 15 is 0 Å². The van der Waals surface area contributed by atoms with E-state index in [1.54, 1.807) is 17.6 Å². The summed E-state index contributed by atoms with van der Waals surface area (Å²) in [6.07, 6.45) is 7.17. The Morgan fingerprint density at radius 1 is 1.52 bits per heavy atom. The SMILES string of the molecule is C=CCNC(=NCCc1ccco1)N(C)CCc1ncc(C)s1. The van der Waals surface area contributed by atoms with Crippen LogP contribution in [-0.2, 0) is 12.8 Å². The van der Waals surface area contributed by atoms with E-state index in [-0.39, 0.29) is 0 Å². The van der Waals surface area contributed by atoms with Crippen LogP contribution in [0.2, 0.25) is 0 Å². The van der Waals surface area contributed by atoms with E-state index in [9.17, 15) is 0 Å². The summed E-state index contributed by atoms with van der Waals surface area (Å²) in [5.41, 5.74) is 0. The topological polar surface area (TPSA) is 53.7 Å². The molecule has 0 bridgehead atoms. The highest BCUT2D eigenvalue weighted by Gasteiger charge is 2.07. The van der Waals surface area contributed by atoms with Crippen LogP contribution in [0.5, 0.6) is 0 Å². The number of furan rings is 1. The lowest BCUT2D eigenvalue weighted by molar-refractivity contribution is 0.483. The quantitative estimate of drug-likeness (QED) is 0.459. The molecule has 0 saturated heterocycles. The van der Waals surface area contributed by atoms with Gasteiger partial charge in [0.2, 0.25) is 0 Å². The Hall–Kier alpha value is -2.08. The molecule has 23 heavy (non-hydrogen) atoms. The molecule has 124 valence electrons. The summed E-state index contributed by atoms with van der Waals surface area (Å²) in [5.74, 6) is 1.84. The molecule has 2 rings (SSSR count). The van der Waals surface area contributed by atoms with Crippen LogP contribution in [0, 0.1) is 6.92 Å². The zero-order chi connectivity index (χ0) is 16.5. The zero-order valence-electron chi connectivity index (χ0n) is 13.8. The number of aryl methyl sites for hydroxylation is 1. The molecule has 0 aliphatic rings. The van der Waals surface area contributed by atoms with E-state index < -0.39 is 0 Å². The third kappa shape index (κ3) is 5.90. The maximum absolute atomic E-state index is 5.34. The van der Waals surface area contributed by atoms with Crippen LogP contribution in [0.15, 0.2) is 46.7 Å². The van der Waals surface area contributed by atoms with Gasteiger partial charge >= 0.3 is 0 Å². The third-order valence-electron chi connectivity index (χ3n) is 3.30. The first-order valence-electron chi connectivity index (χ1n) is 7.73. The van der Waals surface area contributed by atoms with Gasteiger partial charge in [-0.15, -0.1) is 17.9 Å². The fourth-order valence-electron chi connectivity index (χ4n) is 2.09. The predicted octanol–water partition coefficient (Wildman–Crippen LogP) is 2.89. The minimum Gasteiger partial charge on any atom is -0.469 e. The normalized spacial score (nSPS) is 11.5. The number of nitrogens with one attached hydrogen (secondary N) is 1. The molecule has 2 aromatic heterocycles. The molecule has 5 nitrogen and oxygen atoms in total. The molecule has 0 unspecified atom stereocenters. The molecule has 0 aliphatic heterocycles. The maximum atomic E-state index is 5.34. The van der Waals surface area contributed by atoms with Gasteiger partial charge in [0.25, 0.3) is 0 Å². The summed E-state index contributed by atoms with van der Waals surface area (Å²) in [4.78, 5) is 12.4. The summed E-state index contributed by atoms with van der Waals surface area (Å²) >= 11 is 1.75. The van der Waals surface area contributed by atoms with Crippen molar-refractivity contribution in [2.45, 2.75) is 19.8 Å². The smallest absolute Gasteiger partial charge is 0.193 e. The Labute approximate surface area is 141 Å². The van der Waals surface area contributed by atoms with Gasteiger partial charge in [-0.1, -0.05) is 6.08 Å². The Kier molecular flexibility index (Phi) is 6.87. The van der Waals surface area contributed by atoms with Crippen molar-refractivity contribution in [3.8, 4) is 0 Å². The van der Waals surface area contributed by atoms with E-state index in [1.807, 2.05) is 31.5 Å². The van der Waals surface area contributed by atoms with Gasteiger partial charge in [-0.25, -0.2) is 4.98 Å². The van der Waals surface area contributed by atoms with Gasteiger partial charge in [0, 0.05) is 50.6 Å². The number of nitrogens with zero attached hydrogens (tertiary/aromatic N) is 3. The van der Waals surface area contributed by atoms with Crippen molar-refractivity contribution < 1.29 is 4.42 Å². The van der Waals surface area contributed by atoms with Gasteiger partial charge in [0.05, 0.1) is 11.3 Å². The van der Waals surface area contributed by atoms with Crippen molar-refractivity contribution in [1.82, 2.24) is 15.2 Å². The van der Waals surface area contributed by atoms with Crippen LogP contribution in [-0.4, -0.2) is 42.5 Å². The first-order chi connectivity index (χ1) is 11.2. The summed E-state index contributed by atoms with van der Waals surface area (Å²) in [6, 6.07) is 3.87. The lowest BCUT2D eigenvalue weighted by Crippen LogP contribution is -2.40. The van der Waals surface area contributed by atoms with Crippen LogP contribution in [0.25, 0.3) is 0 Å². The van der Waals surface area contributed by atoms with E-state index in [2.05, 4.69) is 33.7 Å². The highest BCUT2D eigenvalue weighted by atomic mass is 32.1. The van der Waals surface area contributed by atoms with Crippen molar-refractivity contribution in [2.24, 2.45) is 4.99 Å². The van der Waals surface area contributed by atoms with Crippen molar-refractivity contribution >= 4 is 17.3 Å². The molecule has 6 heteroatoms. The summed E-state index contributed by atoms with van der Waals surface area (Å²) in [6.45, 7) is 8.09. The second-order valence-corrected chi connectivity index (χ2v) is 6.56. The van der Waals surface area contributed by atoms with Crippen LogP contribution in [0.4, 0.5) is 0 Å². The third-order valence-corrected chi connectivity index (χ3v) is 4.27. The van der Waals surface area contributed by atoms with Crippen molar-refractivity contribution in [1.29, 1.82) is 0 Å². The van der Waals surface area contributed by atoms with Gasteiger partial charge in [-0.3, -0.25) is 4.99 Å². The summed E-state index contributed by atoms with van der Waals surface area (Å²) < 4.78 is 5.34. The summed E-state index contributed by atoms with van der Waals surface area (Å²) in [5, 5.41) is 4.46. The minimum atomic E-state index is 0.688. The van der Waals surface area contributed by atoms with E-state index in [1.165, 1.54) is 4.88 Å². The molecular formula is C17H24N4OS. The lowest BCUT2D eigenvalue weighted by atomic mass is 10.3. The molecule has 0 aromatic carbocycles. The highest BCUT2D eigenvalue weighted by Crippen LogP contribution is 2.11. The molecule has 0 aliphatic carbocycles. The second kappa shape index (κ2) is 9.15. The minimum absolute atomic E-state index is 0.688. The van der Waals surface area contributed by atoms with Crippen molar-refractivity contribution in [3.05, 3.63) is 52.9 Å². The number of thiazole rings is 1. The Balaban J connectivity index is 1.88. The van der Waals surface area contributed by atoms with Gasteiger partial charge in [-0.05, 0) is 19.1 Å². The number of aliphatic imine (C=N–C) groups is 1. The molecule has 2 aromatic rings. The fraction of sp³-hybridized carbons (Fsp3) is 0.412. The van der Waals surface area contributed by atoms with Gasteiger partial charge < -0.3 is 14.6 Å². The first kappa shape index (κ1) is 17.3. The van der Waals surface area contributed by atoms with Gasteiger partial charge in [0.1, 0.15) is 5.76 Å². The zero-order valence-corrected chi connectivity index (χ0v) is 14.6. The average molecular weight is 332 g/mol. The number of hydrogen-bond acceptors (Lipinski definition) is 4. The summed E-state index contributed by atoms with van der Waals surface area (Å²) in [7, 11) is 2.04. The highest BCUT2D eigenvalue weighted by molar-refractivity contribution is 7.11. The molecule has 1 N–H and O–H groups in total. The second-order valence-electron chi connectivity index (χ2n) is 5.24. The van der Waals surface area contributed by atoms with Crippen molar-refractivity contribution in [2.75, 3.05) is 26.7 Å². The van der Waals surface area contributed by atoms with E-state index in [0.29, 0.717) is 13.1 Å². The molecule has 2 heterocycles. The Bertz CT molecular complexity index is 618. The molecular weight excluding hydrogens is 308 g/mol. The molecule has 0 spiro atoms. The Morgan fingerprint density at radius 3 is 3.04 bits per heavy atom. The standard InChI is InChI=1S/C17H24N4OS/c1-4-9-18-17(19-10-7-15-6-5-12-22-15)21(3)11-8-16-20-13-14(2)23-16/h4-6,12-13H,1,7-11H2,2-3H3,(H,18,19). The van der Waals surface area contributed by atoms with Gasteiger partial charge in [0.15, 0.2) is 5.96 Å². The van der Waals surface area contributed by atoms with E-state index in [0.717, 1.165) is 36.1 Å². The van der Waals surface area contributed by atoms with Crippen LogP contribution >= 0.6 is 11.3 Å². The number of hydrogen-bond donors (Lipinski definition) is 1. The van der Waals surface area contributed by atoms with Crippen LogP contribution < -0.4 is 5.32 Å². The number of likely N-dealkylation sites (N-methyl/N-ethyl adjacent to an activating group) is 1. The molecule has 0 amide bonds. The number of guanidine groups is 1. The fourth-order valence-corrected chi connectivity index (χ4v) is 2.86. The molecule has 0 radical (unpaired) electrons. The van der Waals surface area contributed by atoms with Gasteiger partial charge in [-0.2, -0.15) is 0 Å². The average Bonchev–Trinajstić information content (AvgIpc) is 3.20. The first-order valence-corrected chi connectivity index (χ1v) is 8.54. The van der Waals surface area contributed by atoms with Crippen LogP contribution in [0.3, 0.4) is 0 Å². The lowest BCUT2D eigenvalue weighted by Gasteiger charge is -2.21. The van der Waals surface area contributed by atoms with E-state index in [4.69, 9.17) is 4.42 Å². The Morgan fingerprint density at radius 2 is 2.39 bits per heavy atom.